The molecule has 5 rings (SSSR count). The highest BCUT2D eigenvalue weighted by Crippen LogP contribution is 2.36. The lowest BCUT2D eigenvalue weighted by atomic mass is 9.82. The Morgan fingerprint density at radius 1 is 0.964 bits per heavy atom. The van der Waals surface area contributed by atoms with E-state index < -0.39 is 0 Å². The molecule has 1 unspecified atom stereocenters. The SMILES string of the molecule is O=C(C[N+]12CCC(CC1)C(OC(=O)c1ccccc1)C2)c1ccc(Br)cc1.[Br-]. The summed E-state index contributed by atoms with van der Waals surface area (Å²) in [4.78, 5) is 25.3. The van der Waals surface area contributed by atoms with Crippen molar-refractivity contribution in [3.8, 4) is 0 Å². The van der Waals surface area contributed by atoms with E-state index in [0.29, 0.717) is 18.0 Å². The second-order valence-corrected chi connectivity index (χ2v) is 8.62. The fourth-order valence-corrected chi connectivity index (χ4v) is 4.65. The summed E-state index contributed by atoms with van der Waals surface area (Å²) < 4.78 is 7.57. The molecule has 6 heteroatoms. The van der Waals surface area contributed by atoms with Crippen molar-refractivity contribution in [1.82, 2.24) is 0 Å². The Hall–Kier alpha value is -1.50. The minimum atomic E-state index is -0.258. The van der Waals surface area contributed by atoms with E-state index in [1.54, 1.807) is 12.1 Å². The van der Waals surface area contributed by atoms with Crippen LogP contribution >= 0.6 is 15.9 Å². The molecule has 2 bridgehead atoms. The summed E-state index contributed by atoms with van der Waals surface area (Å²) in [6.45, 7) is 3.21. The second kappa shape index (κ2) is 8.89. The zero-order valence-electron chi connectivity index (χ0n) is 15.5. The normalized spacial score (nSPS) is 25.6. The first-order chi connectivity index (χ1) is 13.0. The van der Waals surface area contributed by atoms with Gasteiger partial charge in [0.25, 0.3) is 0 Å². The van der Waals surface area contributed by atoms with Crippen molar-refractivity contribution in [3.63, 3.8) is 0 Å². The first kappa shape index (κ1) is 21.2. The monoisotopic (exact) mass is 507 g/mol. The number of carbonyl (C=O) groups excluding carboxylic acids is 2. The number of Topliss-reactive ketones (excluding diaryl/α,β-unsaturated/α-hetero) is 1. The molecule has 0 aromatic heterocycles. The van der Waals surface area contributed by atoms with Gasteiger partial charge in [-0.15, -0.1) is 0 Å². The van der Waals surface area contributed by atoms with Gasteiger partial charge < -0.3 is 26.2 Å². The summed E-state index contributed by atoms with van der Waals surface area (Å²) in [5.41, 5.74) is 1.34. The Labute approximate surface area is 184 Å². The Morgan fingerprint density at radius 3 is 2.25 bits per heavy atom. The predicted octanol–water partition coefficient (Wildman–Crippen LogP) is 1.10. The lowest BCUT2D eigenvalue weighted by Crippen LogP contribution is -3.00. The molecule has 3 aliphatic heterocycles. The maximum absolute atomic E-state index is 12.8. The zero-order chi connectivity index (χ0) is 18.9. The molecule has 28 heavy (non-hydrogen) atoms. The number of carbonyl (C=O) groups is 2. The number of fused-ring (bicyclic) bond motifs is 3. The number of quaternary nitrogens is 1. The number of ketones is 1. The molecule has 1 atom stereocenters. The number of esters is 1. The highest BCUT2D eigenvalue weighted by Gasteiger charge is 2.48. The number of hydrogen-bond acceptors (Lipinski definition) is 3. The van der Waals surface area contributed by atoms with Crippen LogP contribution < -0.4 is 17.0 Å². The third-order valence-electron chi connectivity index (χ3n) is 5.95. The molecule has 3 heterocycles. The summed E-state index contributed by atoms with van der Waals surface area (Å²) in [5, 5.41) is 0. The summed E-state index contributed by atoms with van der Waals surface area (Å²) >= 11 is 3.41. The Kier molecular flexibility index (Phi) is 6.73. The molecule has 0 spiro atoms. The van der Waals surface area contributed by atoms with Crippen molar-refractivity contribution >= 4 is 27.7 Å². The van der Waals surface area contributed by atoms with Gasteiger partial charge in [-0.1, -0.05) is 46.3 Å². The molecule has 0 saturated carbocycles. The molecule has 4 nitrogen and oxygen atoms in total. The van der Waals surface area contributed by atoms with Crippen molar-refractivity contribution in [1.29, 1.82) is 0 Å². The van der Waals surface area contributed by atoms with Crippen LogP contribution in [0.3, 0.4) is 0 Å². The van der Waals surface area contributed by atoms with Crippen LogP contribution in [0, 0.1) is 5.92 Å². The maximum atomic E-state index is 12.8. The maximum Gasteiger partial charge on any atom is 0.338 e. The standard InChI is InChI=1S/C22H23BrNO3.BrH/c23-19-8-6-16(7-9-19)20(25)14-24-12-10-17(11-13-24)21(15-24)27-22(26)18-4-2-1-3-5-18;/h1-9,17,21H,10-15H2;1H/q+1;/p-1. The van der Waals surface area contributed by atoms with Gasteiger partial charge in [-0.05, 0) is 24.3 Å². The fraction of sp³-hybridized carbons (Fsp3) is 0.364. The highest BCUT2D eigenvalue weighted by molar-refractivity contribution is 9.10. The smallest absolute Gasteiger partial charge is 0.338 e. The number of nitrogens with zero attached hydrogens (tertiary/aromatic N) is 1. The Morgan fingerprint density at radius 2 is 1.61 bits per heavy atom. The fourth-order valence-electron chi connectivity index (χ4n) is 4.39. The van der Waals surface area contributed by atoms with E-state index >= 15 is 0 Å². The van der Waals surface area contributed by atoms with Crippen LogP contribution in [0.5, 0.6) is 0 Å². The molecule has 2 aromatic carbocycles. The van der Waals surface area contributed by atoms with Gasteiger partial charge >= 0.3 is 5.97 Å². The zero-order valence-corrected chi connectivity index (χ0v) is 18.7. The average molecular weight is 509 g/mol. The molecule has 3 fully saturated rings. The summed E-state index contributed by atoms with van der Waals surface area (Å²) in [6, 6.07) is 16.7. The molecule has 2 aromatic rings. The Bertz CT molecular complexity index is 831. The number of ether oxygens (including phenoxy) is 1. The number of piperidine rings is 3. The highest BCUT2D eigenvalue weighted by atomic mass is 79.9. The summed E-state index contributed by atoms with van der Waals surface area (Å²) in [7, 11) is 0. The minimum Gasteiger partial charge on any atom is -1.00 e. The molecule has 3 saturated heterocycles. The van der Waals surface area contributed by atoms with Gasteiger partial charge in [-0.25, -0.2) is 4.79 Å². The topological polar surface area (TPSA) is 43.4 Å². The van der Waals surface area contributed by atoms with Crippen LogP contribution in [0.25, 0.3) is 0 Å². The largest absolute Gasteiger partial charge is 1.00 e. The second-order valence-electron chi connectivity index (χ2n) is 7.71. The van der Waals surface area contributed by atoms with Gasteiger partial charge in [0.15, 0.2) is 6.10 Å². The van der Waals surface area contributed by atoms with Crippen LogP contribution in [0.2, 0.25) is 0 Å². The third-order valence-corrected chi connectivity index (χ3v) is 6.48. The van der Waals surface area contributed by atoms with Gasteiger partial charge in [-0.2, -0.15) is 0 Å². The molecule has 0 radical (unpaired) electrons. The van der Waals surface area contributed by atoms with Crippen LogP contribution in [-0.2, 0) is 4.74 Å². The van der Waals surface area contributed by atoms with E-state index in [1.807, 2.05) is 42.5 Å². The molecule has 0 amide bonds. The van der Waals surface area contributed by atoms with Crippen molar-refractivity contribution in [2.24, 2.45) is 5.92 Å². The van der Waals surface area contributed by atoms with E-state index in [1.165, 1.54) is 0 Å². The van der Waals surface area contributed by atoms with Crippen LogP contribution in [0.15, 0.2) is 59.1 Å². The van der Waals surface area contributed by atoms with E-state index in [4.69, 9.17) is 4.74 Å². The van der Waals surface area contributed by atoms with Crippen LogP contribution in [0.1, 0.15) is 33.6 Å². The lowest BCUT2D eigenvalue weighted by molar-refractivity contribution is -0.938. The average Bonchev–Trinajstić information content (AvgIpc) is 2.69. The summed E-state index contributed by atoms with van der Waals surface area (Å²) in [6.07, 6.45) is 1.93. The number of halogens is 2. The van der Waals surface area contributed by atoms with Crippen LogP contribution in [-0.4, -0.2) is 48.5 Å². The lowest BCUT2D eigenvalue weighted by Gasteiger charge is -2.51. The van der Waals surface area contributed by atoms with E-state index in [9.17, 15) is 9.59 Å². The Balaban J connectivity index is 0.00000225. The van der Waals surface area contributed by atoms with E-state index in [0.717, 1.165) is 47.0 Å². The minimum absolute atomic E-state index is 0. The first-order valence-electron chi connectivity index (χ1n) is 9.45. The molecule has 0 aliphatic carbocycles. The van der Waals surface area contributed by atoms with Crippen LogP contribution in [0.4, 0.5) is 0 Å². The molecule has 148 valence electrons. The van der Waals surface area contributed by atoms with Crippen molar-refractivity contribution in [2.75, 3.05) is 26.2 Å². The predicted molar refractivity (Wildman–Crippen MR) is 107 cm³/mol. The number of benzene rings is 2. The quantitative estimate of drug-likeness (QED) is 0.345. The van der Waals surface area contributed by atoms with Gasteiger partial charge in [0, 0.05) is 28.8 Å². The number of hydrogen-bond donors (Lipinski definition) is 0. The van der Waals surface area contributed by atoms with E-state index in [2.05, 4.69) is 15.9 Å². The molecular formula is C22H23Br2NO3. The van der Waals surface area contributed by atoms with Crippen molar-refractivity contribution in [2.45, 2.75) is 18.9 Å². The van der Waals surface area contributed by atoms with Crippen molar-refractivity contribution in [3.05, 3.63) is 70.2 Å². The van der Waals surface area contributed by atoms with Crippen molar-refractivity contribution < 1.29 is 35.8 Å². The molecular weight excluding hydrogens is 486 g/mol. The van der Waals surface area contributed by atoms with E-state index in [-0.39, 0.29) is 34.8 Å². The summed E-state index contributed by atoms with van der Waals surface area (Å²) in [5.74, 6) is 0.322. The third kappa shape index (κ3) is 4.56. The van der Waals surface area contributed by atoms with Gasteiger partial charge in [-0.3, -0.25) is 4.79 Å². The van der Waals surface area contributed by atoms with Gasteiger partial charge in [0.05, 0.1) is 18.7 Å². The first-order valence-corrected chi connectivity index (χ1v) is 10.2. The number of rotatable bonds is 5. The van der Waals surface area contributed by atoms with Gasteiger partial charge in [0.1, 0.15) is 13.1 Å². The van der Waals surface area contributed by atoms with Gasteiger partial charge in [0.2, 0.25) is 5.78 Å². The molecule has 0 N–H and O–H groups in total. The molecule has 3 aliphatic rings.